The molecule has 0 unspecified atom stereocenters. The lowest BCUT2D eigenvalue weighted by molar-refractivity contribution is 0.232. The van der Waals surface area contributed by atoms with Gasteiger partial charge in [0.25, 0.3) is 0 Å². The summed E-state index contributed by atoms with van der Waals surface area (Å²) in [7, 11) is 0. The normalized spacial score (nSPS) is 17.7. The first kappa shape index (κ1) is 12.0. The van der Waals surface area contributed by atoms with Gasteiger partial charge in [-0.05, 0) is 40.0 Å². The van der Waals surface area contributed by atoms with Crippen molar-refractivity contribution >= 4 is 15.9 Å². The molecule has 0 amide bonds. The molecule has 2 rings (SSSR count). The molecular weight excluding hydrogens is 271 g/mol. The van der Waals surface area contributed by atoms with E-state index >= 15 is 0 Å². The van der Waals surface area contributed by atoms with Crippen molar-refractivity contribution in [3.05, 3.63) is 33.5 Å². The second-order valence-corrected chi connectivity index (χ2v) is 4.96. The van der Waals surface area contributed by atoms with Gasteiger partial charge in [0, 0.05) is 32.7 Å². The summed E-state index contributed by atoms with van der Waals surface area (Å²) in [6.07, 6.45) is 0. The molecule has 0 spiro atoms. The SMILES string of the molecule is Cc1c(CN2CCNCC2)ccc(F)c1Br. The van der Waals surface area contributed by atoms with Crippen LogP contribution in [-0.2, 0) is 6.54 Å². The van der Waals surface area contributed by atoms with E-state index in [2.05, 4.69) is 26.1 Å². The lowest BCUT2D eigenvalue weighted by atomic mass is 10.1. The lowest BCUT2D eigenvalue weighted by Gasteiger charge is -2.27. The Morgan fingerprint density at radius 3 is 2.75 bits per heavy atom. The van der Waals surface area contributed by atoms with Gasteiger partial charge < -0.3 is 5.32 Å². The summed E-state index contributed by atoms with van der Waals surface area (Å²) >= 11 is 3.29. The van der Waals surface area contributed by atoms with Gasteiger partial charge in [-0.15, -0.1) is 0 Å². The molecule has 88 valence electrons. The van der Waals surface area contributed by atoms with Crippen LogP contribution < -0.4 is 5.32 Å². The summed E-state index contributed by atoms with van der Waals surface area (Å²) < 4.78 is 13.9. The topological polar surface area (TPSA) is 15.3 Å². The van der Waals surface area contributed by atoms with Crippen LogP contribution in [0.15, 0.2) is 16.6 Å². The molecule has 0 atom stereocenters. The first-order chi connectivity index (χ1) is 7.68. The predicted molar refractivity (Wildman–Crippen MR) is 67.0 cm³/mol. The molecule has 1 aliphatic rings. The summed E-state index contributed by atoms with van der Waals surface area (Å²) in [6.45, 7) is 7.09. The highest BCUT2D eigenvalue weighted by atomic mass is 79.9. The molecule has 0 aromatic heterocycles. The van der Waals surface area contributed by atoms with E-state index in [1.807, 2.05) is 13.0 Å². The second-order valence-electron chi connectivity index (χ2n) is 4.17. The fraction of sp³-hybridized carbons (Fsp3) is 0.500. The van der Waals surface area contributed by atoms with E-state index in [-0.39, 0.29) is 5.82 Å². The maximum Gasteiger partial charge on any atom is 0.137 e. The van der Waals surface area contributed by atoms with E-state index in [0.29, 0.717) is 4.47 Å². The zero-order chi connectivity index (χ0) is 11.5. The number of nitrogens with zero attached hydrogens (tertiary/aromatic N) is 1. The summed E-state index contributed by atoms with van der Waals surface area (Å²) in [6, 6.07) is 3.42. The zero-order valence-electron chi connectivity index (χ0n) is 9.39. The number of nitrogens with one attached hydrogen (secondary N) is 1. The van der Waals surface area contributed by atoms with Gasteiger partial charge >= 0.3 is 0 Å². The molecule has 0 bridgehead atoms. The van der Waals surface area contributed by atoms with Crippen LogP contribution in [0.2, 0.25) is 0 Å². The predicted octanol–water partition coefficient (Wildman–Crippen LogP) is 2.30. The van der Waals surface area contributed by atoms with E-state index in [1.165, 1.54) is 11.6 Å². The molecule has 0 radical (unpaired) electrons. The van der Waals surface area contributed by atoms with Crippen LogP contribution in [0.3, 0.4) is 0 Å². The number of piperazine rings is 1. The number of rotatable bonds is 2. The highest BCUT2D eigenvalue weighted by molar-refractivity contribution is 9.10. The highest BCUT2D eigenvalue weighted by Crippen LogP contribution is 2.24. The Bertz CT molecular complexity index is 376. The van der Waals surface area contributed by atoms with Crippen molar-refractivity contribution < 1.29 is 4.39 Å². The van der Waals surface area contributed by atoms with Crippen molar-refractivity contribution in [3.8, 4) is 0 Å². The fourth-order valence-corrected chi connectivity index (χ4v) is 2.36. The summed E-state index contributed by atoms with van der Waals surface area (Å²) in [4.78, 5) is 2.39. The Balaban J connectivity index is 2.11. The second kappa shape index (κ2) is 5.25. The van der Waals surface area contributed by atoms with Crippen molar-refractivity contribution in [1.82, 2.24) is 10.2 Å². The van der Waals surface area contributed by atoms with E-state index in [0.717, 1.165) is 38.3 Å². The maximum atomic E-state index is 13.3. The quantitative estimate of drug-likeness (QED) is 0.898. The smallest absolute Gasteiger partial charge is 0.137 e. The van der Waals surface area contributed by atoms with Crippen molar-refractivity contribution in [2.75, 3.05) is 26.2 Å². The van der Waals surface area contributed by atoms with Crippen LogP contribution >= 0.6 is 15.9 Å². The van der Waals surface area contributed by atoms with Gasteiger partial charge in [-0.1, -0.05) is 6.07 Å². The third-order valence-electron chi connectivity index (χ3n) is 3.06. The highest BCUT2D eigenvalue weighted by Gasteiger charge is 2.13. The van der Waals surface area contributed by atoms with Gasteiger partial charge in [0.1, 0.15) is 5.82 Å². The zero-order valence-corrected chi connectivity index (χ0v) is 11.0. The molecule has 1 N–H and O–H groups in total. The van der Waals surface area contributed by atoms with Crippen LogP contribution in [0, 0.1) is 12.7 Å². The van der Waals surface area contributed by atoms with E-state index < -0.39 is 0 Å². The summed E-state index contributed by atoms with van der Waals surface area (Å²) in [5.74, 6) is -0.179. The standard InChI is InChI=1S/C12H16BrFN2/c1-9-10(2-3-11(14)12(9)13)8-16-6-4-15-5-7-16/h2-3,15H,4-8H2,1H3. The van der Waals surface area contributed by atoms with Crippen molar-refractivity contribution in [2.45, 2.75) is 13.5 Å². The number of halogens is 2. The fourth-order valence-electron chi connectivity index (χ4n) is 1.97. The van der Waals surface area contributed by atoms with Crippen molar-refractivity contribution in [3.63, 3.8) is 0 Å². The average Bonchev–Trinajstić information content (AvgIpc) is 2.31. The Morgan fingerprint density at radius 1 is 1.38 bits per heavy atom. The molecule has 4 heteroatoms. The molecule has 1 aromatic rings. The monoisotopic (exact) mass is 286 g/mol. The third-order valence-corrected chi connectivity index (χ3v) is 4.03. The van der Waals surface area contributed by atoms with Crippen LogP contribution in [0.1, 0.15) is 11.1 Å². The molecular formula is C12H16BrFN2. The van der Waals surface area contributed by atoms with Crippen LogP contribution in [0.4, 0.5) is 4.39 Å². The number of benzene rings is 1. The van der Waals surface area contributed by atoms with E-state index in [1.54, 1.807) is 0 Å². The average molecular weight is 287 g/mol. The van der Waals surface area contributed by atoms with Crippen LogP contribution in [-0.4, -0.2) is 31.1 Å². The molecule has 0 saturated carbocycles. The first-order valence-corrected chi connectivity index (χ1v) is 6.34. The molecule has 0 aliphatic carbocycles. The van der Waals surface area contributed by atoms with Crippen LogP contribution in [0.5, 0.6) is 0 Å². The van der Waals surface area contributed by atoms with Gasteiger partial charge in [0.05, 0.1) is 4.47 Å². The molecule has 16 heavy (non-hydrogen) atoms. The molecule has 1 saturated heterocycles. The Kier molecular flexibility index (Phi) is 3.95. The molecule has 1 aliphatic heterocycles. The number of hydrogen-bond acceptors (Lipinski definition) is 2. The van der Waals surface area contributed by atoms with Crippen molar-refractivity contribution in [1.29, 1.82) is 0 Å². The Hall–Kier alpha value is -0.450. The lowest BCUT2D eigenvalue weighted by Crippen LogP contribution is -2.43. The minimum Gasteiger partial charge on any atom is -0.314 e. The third kappa shape index (κ3) is 2.62. The first-order valence-electron chi connectivity index (χ1n) is 5.55. The van der Waals surface area contributed by atoms with Gasteiger partial charge in [0.15, 0.2) is 0 Å². The van der Waals surface area contributed by atoms with Gasteiger partial charge in [-0.2, -0.15) is 0 Å². The maximum absolute atomic E-state index is 13.3. The Labute approximate surface area is 104 Å². The minimum atomic E-state index is -0.179. The summed E-state index contributed by atoms with van der Waals surface area (Å²) in [5, 5.41) is 3.32. The van der Waals surface area contributed by atoms with E-state index in [4.69, 9.17) is 0 Å². The number of hydrogen-bond donors (Lipinski definition) is 1. The minimum absolute atomic E-state index is 0.179. The van der Waals surface area contributed by atoms with Crippen molar-refractivity contribution in [2.24, 2.45) is 0 Å². The molecule has 1 aromatic carbocycles. The van der Waals surface area contributed by atoms with Gasteiger partial charge in [-0.3, -0.25) is 4.90 Å². The van der Waals surface area contributed by atoms with Gasteiger partial charge in [-0.25, -0.2) is 4.39 Å². The Morgan fingerprint density at radius 2 is 2.06 bits per heavy atom. The summed E-state index contributed by atoms with van der Waals surface area (Å²) in [5.41, 5.74) is 2.22. The van der Waals surface area contributed by atoms with Crippen LogP contribution in [0.25, 0.3) is 0 Å². The molecule has 1 fully saturated rings. The largest absolute Gasteiger partial charge is 0.314 e. The molecule has 1 heterocycles. The molecule has 2 nitrogen and oxygen atoms in total. The van der Waals surface area contributed by atoms with E-state index in [9.17, 15) is 4.39 Å². The van der Waals surface area contributed by atoms with Gasteiger partial charge in [0.2, 0.25) is 0 Å².